The summed E-state index contributed by atoms with van der Waals surface area (Å²) in [7, 11) is 0. The van der Waals surface area contributed by atoms with Gasteiger partial charge < -0.3 is 25.5 Å². The minimum Gasteiger partial charge on any atom is -0.481 e. The first-order chi connectivity index (χ1) is 13.0. The second-order valence-corrected chi connectivity index (χ2v) is 6.60. The summed E-state index contributed by atoms with van der Waals surface area (Å²) in [6.07, 6.45) is -2.28. The average Bonchev–Trinajstić information content (AvgIpc) is 2.59. The second-order valence-electron chi connectivity index (χ2n) is 6.60. The van der Waals surface area contributed by atoms with E-state index in [0.717, 1.165) is 4.90 Å². The van der Waals surface area contributed by atoms with E-state index < -0.39 is 48.0 Å². The number of carbonyl (C=O) groups is 3. The number of aliphatic hydroxyl groups excluding tert-OH is 1. The van der Waals surface area contributed by atoms with Crippen LogP contribution >= 0.6 is 0 Å². The fourth-order valence-electron chi connectivity index (χ4n) is 2.46. The maximum Gasteiger partial charge on any atom is 0.334 e. The number of nitrogens with one attached hydrogen (secondary N) is 1. The van der Waals surface area contributed by atoms with Crippen molar-refractivity contribution in [1.82, 2.24) is 10.2 Å². The van der Waals surface area contributed by atoms with Gasteiger partial charge in [-0.15, -0.1) is 0 Å². The van der Waals surface area contributed by atoms with Crippen molar-refractivity contribution in [2.75, 3.05) is 13.1 Å². The molecule has 0 heterocycles. The number of benzene rings is 1. The maximum absolute atomic E-state index is 12.6. The molecule has 11 heteroatoms. The second kappa shape index (κ2) is 10.2. The number of nitrogens with zero attached hydrogens (tertiary/aromatic N) is 2. The number of amides is 2. The van der Waals surface area contributed by atoms with Crippen LogP contribution in [0.1, 0.15) is 31.9 Å². The molecule has 1 aromatic carbocycles. The van der Waals surface area contributed by atoms with Gasteiger partial charge in [0.2, 0.25) is 0 Å². The number of carbonyl (C=O) groups excluding carboxylic acids is 1. The van der Waals surface area contributed by atoms with Gasteiger partial charge in [0.05, 0.1) is 23.9 Å². The third-order valence-electron chi connectivity index (χ3n) is 3.73. The highest BCUT2D eigenvalue weighted by Crippen LogP contribution is 2.21. The van der Waals surface area contributed by atoms with Crippen molar-refractivity contribution in [1.29, 1.82) is 0 Å². The lowest BCUT2D eigenvalue weighted by atomic mass is 10.0. The van der Waals surface area contributed by atoms with E-state index in [0.29, 0.717) is 5.56 Å². The van der Waals surface area contributed by atoms with Crippen LogP contribution in [0.25, 0.3) is 0 Å². The largest absolute Gasteiger partial charge is 0.481 e. The molecule has 0 spiro atoms. The molecule has 4 N–H and O–H groups in total. The molecule has 28 heavy (non-hydrogen) atoms. The van der Waals surface area contributed by atoms with Crippen molar-refractivity contribution in [3.8, 4) is 0 Å². The molecule has 0 saturated heterocycles. The molecular formula is C17H23N3O8. The summed E-state index contributed by atoms with van der Waals surface area (Å²) in [4.78, 5) is 45.9. The van der Waals surface area contributed by atoms with E-state index in [1.54, 1.807) is 13.8 Å². The molecule has 154 valence electrons. The molecule has 0 aliphatic heterocycles. The predicted octanol–water partition coefficient (Wildman–Crippen LogP) is 1.22. The van der Waals surface area contributed by atoms with Crippen molar-refractivity contribution in [2.24, 2.45) is 5.92 Å². The lowest BCUT2D eigenvalue weighted by Crippen LogP contribution is -2.48. The number of nitro benzene ring substituents is 1. The van der Waals surface area contributed by atoms with Crippen molar-refractivity contribution in [3.05, 3.63) is 39.9 Å². The maximum atomic E-state index is 12.6. The molecule has 0 aromatic heterocycles. The Morgan fingerprint density at radius 2 is 1.71 bits per heavy atom. The summed E-state index contributed by atoms with van der Waals surface area (Å²) in [6, 6.07) is 3.31. The van der Waals surface area contributed by atoms with E-state index in [1.807, 2.05) is 0 Å². The van der Waals surface area contributed by atoms with Crippen molar-refractivity contribution in [2.45, 2.75) is 32.4 Å². The molecule has 2 atom stereocenters. The Labute approximate surface area is 160 Å². The van der Waals surface area contributed by atoms with Crippen LogP contribution in [0.2, 0.25) is 0 Å². The molecule has 0 aliphatic carbocycles. The monoisotopic (exact) mass is 397 g/mol. The quantitative estimate of drug-likeness (QED) is 0.337. The molecule has 0 fully saturated rings. The van der Waals surface area contributed by atoms with Gasteiger partial charge in [-0.25, -0.2) is 9.59 Å². The summed E-state index contributed by atoms with van der Waals surface area (Å²) >= 11 is 0. The normalized spacial score (nSPS) is 12.9. The van der Waals surface area contributed by atoms with Gasteiger partial charge in [-0.3, -0.25) is 14.9 Å². The van der Waals surface area contributed by atoms with Gasteiger partial charge in [-0.05, 0) is 11.5 Å². The lowest BCUT2D eigenvalue weighted by molar-refractivity contribution is -0.384. The Morgan fingerprint density at radius 1 is 1.14 bits per heavy atom. The SMILES string of the molecule is CC(C)CN(CC(O)C(=O)O)C(=O)NC(CC(=O)O)c1ccc([N+](=O)[O-])cc1. The Morgan fingerprint density at radius 3 is 2.14 bits per heavy atom. The topological polar surface area (TPSA) is 170 Å². The highest BCUT2D eigenvalue weighted by atomic mass is 16.6. The lowest BCUT2D eigenvalue weighted by Gasteiger charge is -2.28. The first-order valence-corrected chi connectivity index (χ1v) is 8.43. The van der Waals surface area contributed by atoms with Gasteiger partial charge >= 0.3 is 18.0 Å². The fraction of sp³-hybridized carbons (Fsp3) is 0.471. The van der Waals surface area contributed by atoms with Crippen LogP contribution < -0.4 is 5.32 Å². The molecule has 1 aromatic rings. The highest BCUT2D eigenvalue weighted by Gasteiger charge is 2.26. The zero-order valence-electron chi connectivity index (χ0n) is 15.4. The summed E-state index contributed by atoms with van der Waals surface area (Å²) in [5.74, 6) is -2.73. The standard InChI is InChI=1S/C17H23N3O8/c1-10(2)8-19(9-14(21)16(24)25)17(26)18-13(7-15(22)23)11-3-5-12(6-4-11)20(27)28/h3-6,10,13-14,21H,7-9H2,1-2H3,(H,18,26)(H,22,23)(H,24,25). The number of non-ortho nitro benzene ring substituents is 1. The van der Waals surface area contributed by atoms with Crippen LogP contribution in [-0.4, -0.2) is 62.3 Å². The van der Waals surface area contributed by atoms with Gasteiger partial charge in [0.1, 0.15) is 0 Å². The number of rotatable bonds is 10. The van der Waals surface area contributed by atoms with E-state index in [1.165, 1.54) is 24.3 Å². The number of aliphatic hydroxyl groups is 1. The van der Waals surface area contributed by atoms with E-state index in [-0.39, 0.29) is 18.2 Å². The van der Waals surface area contributed by atoms with Crippen LogP contribution in [0.3, 0.4) is 0 Å². The number of urea groups is 1. The fourth-order valence-corrected chi connectivity index (χ4v) is 2.46. The third kappa shape index (κ3) is 7.19. The minimum absolute atomic E-state index is 0.0379. The minimum atomic E-state index is -1.79. The van der Waals surface area contributed by atoms with Crippen LogP contribution in [0.4, 0.5) is 10.5 Å². The van der Waals surface area contributed by atoms with E-state index in [4.69, 9.17) is 10.2 Å². The van der Waals surface area contributed by atoms with E-state index in [2.05, 4.69) is 5.32 Å². The van der Waals surface area contributed by atoms with Gasteiger partial charge in [0, 0.05) is 18.7 Å². The smallest absolute Gasteiger partial charge is 0.334 e. The number of aliphatic carboxylic acids is 2. The Balaban J connectivity index is 3.03. The molecule has 2 unspecified atom stereocenters. The molecule has 1 rings (SSSR count). The molecule has 0 bridgehead atoms. The number of nitro groups is 1. The van der Waals surface area contributed by atoms with Gasteiger partial charge in [0.25, 0.3) is 5.69 Å². The zero-order chi connectivity index (χ0) is 21.4. The van der Waals surface area contributed by atoms with E-state index in [9.17, 15) is 29.6 Å². The number of carboxylic acid groups (broad SMARTS) is 2. The summed E-state index contributed by atoms with van der Waals surface area (Å²) < 4.78 is 0. The Bertz CT molecular complexity index is 720. The first kappa shape index (κ1) is 22.8. The van der Waals surface area contributed by atoms with Crippen LogP contribution in [0.5, 0.6) is 0 Å². The Hall–Kier alpha value is -3.21. The molecule has 11 nitrogen and oxygen atoms in total. The van der Waals surface area contributed by atoms with Gasteiger partial charge in [-0.1, -0.05) is 26.0 Å². The highest BCUT2D eigenvalue weighted by molar-refractivity contribution is 5.78. The molecule has 0 radical (unpaired) electrons. The average molecular weight is 397 g/mol. The van der Waals surface area contributed by atoms with Crippen LogP contribution in [0.15, 0.2) is 24.3 Å². The predicted molar refractivity (Wildman–Crippen MR) is 96.7 cm³/mol. The Kier molecular flexibility index (Phi) is 8.32. The summed E-state index contributed by atoms with van der Waals surface area (Å²) in [5.41, 5.74) is 0.153. The van der Waals surface area contributed by atoms with Crippen molar-refractivity contribution >= 4 is 23.7 Å². The van der Waals surface area contributed by atoms with E-state index >= 15 is 0 Å². The zero-order valence-corrected chi connectivity index (χ0v) is 15.4. The molecule has 2 amide bonds. The summed E-state index contributed by atoms with van der Waals surface area (Å²) in [6.45, 7) is 3.24. The van der Waals surface area contributed by atoms with Crippen LogP contribution in [0, 0.1) is 16.0 Å². The number of hydrogen-bond donors (Lipinski definition) is 4. The molecular weight excluding hydrogens is 374 g/mol. The first-order valence-electron chi connectivity index (χ1n) is 8.43. The molecule has 0 aliphatic rings. The molecule has 0 saturated carbocycles. The van der Waals surface area contributed by atoms with Gasteiger partial charge in [0.15, 0.2) is 6.10 Å². The number of carboxylic acids is 2. The number of hydrogen-bond acceptors (Lipinski definition) is 6. The van der Waals surface area contributed by atoms with Crippen molar-refractivity contribution in [3.63, 3.8) is 0 Å². The van der Waals surface area contributed by atoms with Crippen LogP contribution in [-0.2, 0) is 9.59 Å². The summed E-state index contributed by atoms with van der Waals surface area (Å²) in [5, 5.41) is 40.8. The van der Waals surface area contributed by atoms with Gasteiger partial charge in [-0.2, -0.15) is 0 Å². The third-order valence-corrected chi connectivity index (χ3v) is 3.73. The van der Waals surface area contributed by atoms with Crippen molar-refractivity contribution < 1.29 is 34.6 Å².